The number of alkyl halides is 3. The number of nitrogens with one attached hydrogen (secondary N) is 1. The zero-order valence-corrected chi connectivity index (χ0v) is 17.0. The van der Waals surface area contributed by atoms with Crippen LogP contribution in [0.25, 0.3) is 5.69 Å². The van der Waals surface area contributed by atoms with Crippen LogP contribution < -0.4 is 5.32 Å². The van der Waals surface area contributed by atoms with E-state index in [4.69, 9.17) is 0 Å². The Bertz CT molecular complexity index is 963. The fourth-order valence-corrected chi connectivity index (χ4v) is 3.72. The number of carbonyl (C=O) groups excluding carboxylic acids is 1. The Hall–Kier alpha value is -2.65. The summed E-state index contributed by atoms with van der Waals surface area (Å²) in [4.78, 5) is 14.5. The third-order valence-corrected chi connectivity index (χ3v) is 5.27. The van der Waals surface area contributed by atoms with Gasteiger partial charge in [0.1, 0.15) is 0 Å². The maximum absolute atomic E-state index is 13.8. The summed E-state index contributed by atoms with van der Waals surface area (Å²) in [5, 5.41) is 10.3. The summed E-state index contributed by atoms with van der Waals surface area (Å²) in [6.07, 6.45) is -3.77. The minimum absolute atomic E-state index is 0.147. The molecule has 2 heterocycles. The van der Waals surface area contributed by atoms with Crippen molar-refractivity contribution in [1.82, 2.24) is 20.0 Å². The average Bonchev–Trinajstić information content (AvgIpc) is 3.31. The summed E-state index contributed by atoms with van der Waals surface area (Å²) >= 11 is 1.52. The Morgan fingerprint density at radius 2 is 1.93 bits per heavy atom. The number of amides is 1. The summed E-state index contributed by atoms with van der Waals surface area (Å²) in [5.74, 6) is -0.808. The maximum atomic E-state index is 13.8. The fourth-order valence-electron chi connectivity index (χ4n) is 3.02. The molecule has 0 saturated heterocycles. The normalized spacial score (nSPS) is 12.9. The van der Waals surface area contributed by atoms with Gasteiger partial charge in [-0.15, -0.1) is 0 Å². The van der Waals surface area contributed by atoms with E-state index in [2.05, 4.69) is 10.4 Å². The molecule has 2 aromatic heterocycles. The lowest BCUT2D eigenvalue weighted by atomic mass is 10.1. The maximum Gasteiger partial charge on any atom is 0.434 e. The van der Waals surface area contributed by atoms with Crippen molar-refractivity contribution in [3.05, 3.63) is 69.7 Å². The van der Waals surface area contributed by atoms with Crippen LogP contribution >= 0.6 is 11.3 Å². The zero-order chi connectivity index (χ0) is 21.2. The molecular formula is C20H21F3N4OS. The predicted octanol–water partition coefficient (Wildman–Crippen LogP) is 4.29. The van der Waals surface area contributed by atoms with Crippen LogP contribution in [0.3, 0.4) is 0 Å². The second-order valence-corrected chi connectivity index (χ2v) is 7.68. The zero-order valence-electron chi connectivity index (χ0n) is 16.2. The molecule has 29 heavy (non-hydrogen) atoms. The number of carbonyl (C=O) groups is 1. The minimum Gasteiger partial charge on any atom is -0.350 e. The van der Waals surface area contributed by atoms with Gasteiger partial charge in [-0.1, -0.05) is 17.7 Å². The van der Waals surface area contributed by atoms with Gasteiger partial charge in [0.25, 0.3) is 5.91 Å². The second kappa shape index (κ2) is 8.38. The van der Waals surface area contributed by atoms with E-state index in [0.29, 0.717) is 0 Å². The van der Waals surface area contributed by atoms with Crippen molar-refractivity contribution in [1.29, 1.82) is 0 Å². The second-order valence-electron chi connectivity index (χ2n) is 6.90. The number of aryl methyl sites for hydroxylation is 1. The molecule has 0 fully saturated rings. The first-order valence-corrected chi connectivity index (χ1v) is 9.81. The van der Waals surface area contributed by atoms with E-state index >= 15 is 0 Å². The van der Waals surface area contributed by atoms with Crippen LogP contribution in [0.5, 0.6) is 0 Å². The van der Waals surface area contributed by atoms with Crippen LogP contribution in [0.4, 0.5) is 13.2 Å². The number of nitrogens with zero attached hydrogens (tertiary/aromatic N) is 3. The molecule has 3 aromatic rings. The molecule has 0 aliphatic carbocycles. The number of likely N-dealkylation sites (N-methyl/N-ethyl adjacent to an activating group) is 1. The van der Waals surface area contributed by atoms with Crippen molar-refractivity contribution in [2.45, 2.75) is 19.1 Å². The van der Waals surface area contributed by atoms with E-state index in [1.807, 2.05) is 42.7 Å². The van der Waals surface area contributed by atoms with Crippen molar-refractivity contribution in [3.63, 3.8) is 0 Å². The Labute approximate surface area is 170 Å². The van der Waals surface area contributed by atoms with E-state index in [9.17, 15) is 18.0 Å². The number of benzene rings is 1. The Balaban J connectivity index is 1.88. The fraction of sp³-hybridized carbons (Fsp3) is 0.300. The largest absolute Gasteiger partial charge is 0.434 e. The topological polar surface area (TPSA) is 50.2 Å². The number of thiophene rings is 1. The molecular weight excluding hydrogens is 401 g/mol. The first-order valence-electron chi connectivity index (χ1n) is 8.87. The molecule has 1 amide bonds. The summed E-state index contributed by atoms with van der Waals surface area (Å²) in [6.45, 7) is 2.01. The first-order chi connectivity index (χ1) is 13.7. The van der Waals surface area contributed by atoms with E-state index in [1.165, 1.54) is 23.5 Å². The number of halogens is 3. The van der Waals surface area contributed by atoms with Crippen LogP contribution in [-0.4, -0.2) is 41.2 Å². The molecule has 1 N–H and O–H groups in total. The van der Waals surface area contributed by atoms with Gasteiger partial charge in [0.05, 0.1) is 23.5 Å². The third-order valence-electron chi connectivity index (χ3n) is 4.57. The van der Waals surface area contributed by atoms with Crippen LogP contribution in [-0.2, 0) is 6.18 Å². The molecule has 0 aliphatic rings. The van der Waals surface area contributed by atoms with Gasteiger partial charge in [-0.3, -0.25) is 4.79 Å². The molecule has 1 unspecified atom stereocenters. The van der Waals surface area contributed by atoms with Crippen molar-refractivity contribution in [2.75, 3.05) is 20.6 Å². The predicted molar refractivity (Wildman–Crippen MR) is 106 cm³/mol. The van der Waals surface area contributed by atoms with Gasteiger partial charge in [-0.25, -0.2) is 4.68 Å². The monoisotopic (exact) mass is 422 g/mol. The van der Waals surface area contributed by atoms with Gasteiger partial charge in [0.15, 0.2) is 5.69 Å². The lowest BCUT2D eigenvalue weighted by Crippen LogP contribution is -2.35. The molecule has 1 aromatic carbocycles. The van der Waals surface area contributed by atoms with Crippen molar-refractivity contribution < 1.29 is 18.0 Å². The molecule has 1 atom stereocenters. The molecule has 0 saturated carbocycles. The molecule has 0 aliphatic heterocycles. The van der Waals surface area contributed by atoms with Gasteiger partial charge in [-0.2, -0.15) is 29.6 Å². The van der Waals surface area contributed by atoms with Gasteiger partial charge in [-0.05, 0) is 55.5 Å². The van der Waals surface area contributed by atoms with E-state index in [-0.39, 0.29) is 18.3 Å². The van der Waals surface area contributed by atoms with Gasteiger partial charge in [0.2, 0.25) is 0 Å². The van der Waals surface area contributed by atoms with Crippen molar-refractivity contribution in [3.8, 4) is 5.69 Å². The van der Waals surface area contributed by atoms with Crippen molar-refractivity contribution >= 4 is 17.2 Å². The molecule has 5 nitrogen and oxygen atoms in total. The summed E-state index contributed by atoms with van der Waals surface area (Å²) in [6, 6.07) is 8.25. The van der Waals surface area contributed by atoms with Gasteiger partial charge >= 0.3 is 6.18 Å². The highest BCUT2D eigenvalue weighted by Gasteiger charge is 2.40. The summed E-state index contributed by atoms with van der Waals surface area (Å²) in [5.41, 5.74) is 0.561. The smallest absolute Gasteiger partial charge is 0.350 e. The van der Waals surface area contributed by atoms with Crippen LogP contribution in [0.1, 0.15) is 33.2 Å². The number of aromatic nitrogens is 2. The Morgan fingerprint density at radius 3 is 2.48 bits per heavy atom. The molecule has 154 valence electrons. The Kier molecular flexibility index (Phi) is 6.09. The van der Waals surface area contributed by atoms with Crippen LogP contribution in [0.15, 0.2) is 47.3 Å². The molecule has 0 radical (unpaired) electrons. The minimum atomic E-state index is -4.73. The number of rotatable bonds is 6. The SMILES string of the molecule is Cc1ccc(-n2ncc(C(=O)NCC(c3ccsc3)N(C)C)c2C(F)(F)F)cc1. The summed E-state index contributed by atoms with van der Waals surface area (Å²) < 4.78 is 42.1. The highest BCUT2D eigenvalue weighted by Crippen LogP contribution is 2.33. The molecule has 0 spiro atoms. The highest BCUT2D eigenvalue weighted by atomic mass is 32.1. The number of hydrogen-bond acceptors (Lipinski definition) is 4. The van der Waals surface area contributed by atoms with Gasteiger partial charge < -0.3 is 10.2 Å². The van der Waals surface area contributed by atoms with E-state index < -0.39 is 23.3 Å². The van der Waals surface area contributed by atoms with Crippen LogP contribution in [0, 0.1) is 6.92 Å². The molecule has 3 rings (SSSR count). The molecule has 0 bridgehead atoms. The number of hydrogen-bond donors (Lipinski definition) is 1. The highest BCUT2D eigenvalue weighted by molar-refractivity contribution is 7.07. The van der Waals surface area contributed by atoms with E-state index in [0.717, 1.165) is 22.0 Å². The van der Waals surface area contributed by atoms with E-state index in [1.54, 1.807) is 12.1 Å². The summed E-state index contributed by atoms with van der Waals surface area (Å²) in [7, 11) is 3.70. The lowest BCUT2D eigenvalue weighted by Gasteiger charge is -2.24. The van der Waals surface area contributed by atoms with Gasteiger partial charge in [0, 0.05) is 6.54 Å². The average molecular weight is 422 g/mol. The Morgan fingerprint density at radius 1 is 1.24 bits per heavy atom. The quantitative estimate of drug-likeness (QED) is 0.645. The third kappa shape index (κ3) is 4.68. The standard InChI is InChI=1S/C20H21F3N4OS/c1-13-4-6-15(7-5-13)27-18(20(21,22)23)16(10-25-27)19(28)24-11-17(26(2)3)14-8-9-29-12-14/h4-10,12,17H,11H2,1-3H3,(H,24,28). The lowest BCUT2D eigenvalue weighted by molar-refractivity contribution is -0.143. The molecule has 9 heteroatoms. The first kappa shape index (κ1) is 21.1. The van der Waals surface area contributed by atoms with Crippen molar-refractivity contribution in [2.24, 2.45) is 0 Å². The van der Waals surface area contributed by atoms with Crippen LogP contribution in [0.2, 0.25) is 0 Å².